The largest absolute Gasteiger partial charge is 0.294 e. The maximum atomic E-state index is 16.4. The minimum absolute atomic E-state index is 0.00384. The summed E-state index contributed by atoms with van der Waals surface area (Å²) >= 11 is 0. The van der Waals surface area contributed by atoms with Gasteiger partial charge in [0.05, 0.1) is 16.7 Å². The van der Waals surface area contributed by atoms with Gasteiger partial charge in [0, 0.05) is 36.3 Å². The summed E-state index contributed by atoms with van der Waals surface area (Å²) in [5.41, 5.74) is 0.956. The molecule has 3 fully saturated rings. The second-order valence-electron chi connectivity index (χ2n) is 10.7. The SMILES string of the molecule is CS(=O)(=O)Nc1ccc2c(c1)S(=O)(=O)NC(=C1C(=O)[C@@H]3[C@H]4CC[C@H](C4)[C@@H]3N(Cc3ccc(F)cc3)C1F)C2. The van der Waals surface area contributed by atoms with Crippen LogP contribution in [0.2, 0.25) is 0 Å². The van der Waals surface area contributed by atoms with Crippen molar-refractivity contribution in [2.75, 3.05) is 11.0 Å². The van der Waals surface area contributed by atoms with Gasteiger partial charge in [0.2, 0.25) is 10.0 Å². The Morgan fingerprint density at radius 2 is 1.82 bits per heavy atom. The van der Waals surface area contributed by atoms with E-state index in [0.29, 0.717) is 11.1 Å². The summed E-state index contributed by atoms with van der Waals surface area (Å²) < 4.78 is 84.2. The van der Waals surface area contributed by atoms with E-state index in [2.05, 4.69) is 9.44 Å². The van der Waals surface area contributed by atoms with Gasteiger partial charge in [-0.3, -0.25) is 19.1 Å². The number of nitrogens with one attached hydrogen (secondary N) is 2. The van der Waals surface area contributed by atoms with Gasteiger partial charge in [0.15, 0.2) is 12.1 Å². The number of allylic oxidation sites excluding steroid dienone is 1. The standard InChI is InChI=1S/C26H27F2N3O5S2/c1-37(33,34)29-19-9-6-15-11-20(30-38(35,36)21(15)12-19)23-25(32)22-16-4-5-17(10-16)24(22)31(26(23)28)13-14-2-7-18(27)8-3-14/h2-3,6-9,12,16-17,22,24,26,29-30H,4-5,10-11,13H2,1H3/t16-,17+,22+,24-,26?/m0/s1. The monoisotopic (exact) mass is 563 g/mol. The van der Waals surface area contributed by atoms with Crippen molar-refractivity contribution in [3.8, 4) is 0 Å². The number of carbonyl (C=O) groups excluding carboxylic acids is 1. The Bertz CT molecular complexity index is 1570. The molecule has 2 aliphatic carbocycles. The lowest BCUT2D eigenvalue weighted by Gasteiger charge is -2.46. The molecule has 2 N–H and O–H groups in total. The molecule has 6 rings (SSSR count). The molecule has 2 saturated carbocycles. The van der Waals surface area contributed by atoms with E-state index < -0.39 is 38.1 Å². The second kappa shape index (κ2) is 8.85. The Kier molecular flexibility index (Phi) is 5.93. The summed E-state index contributed by atoms with van der Waals surface area (Å²) in [7, 11) is -7.83. The van der Waals surface area contributed by atoms with E-state index in [1.807, 2.05) is 0 Å². The van der Waals surface area contributed by atoms with Crippen molar-refractivity contribution in [2.45, 2.75) is 49.5 Å². The van der Waals surface area contributed by atoms with Crippen molar-refractivity contribution in [1.82, 2.24) is 9.62 Å². The molecule has 0 radical (unpaired) electrons. The smallest absolute Gasteiger partial charge is 0.262 e. The number of alkyl halides is 1. The molecule has 5 atom stereocenters. The lowest BCUT2D eigenvalue weighted by molar-refractivity contribution is -0.132. The fraction of sp³-hybridized carbons (Fsp3) is 0.423. The molecule has 2 aromatic rings. The number of benzene rings is 2. The van der Waals surface area contributed by atoms with Gasteiger partial charge < -0.3 is 0 Å². The fourth-order valence-electron chi connectivity index (χ4n) is 6.82. The van der Waals surface area contributed by atoms with Gasteiger partial charge in [-0.05, 0) is 66.5 Å². The number of halogens is 2. The molecular formula is C26H27F2N3O5S2. The third-order valence-electron chi connectivity index (χ3n) is 8.24. The minimum Gasteiger partial charge on any atom is -0.294 e. The highest BCUT2D eigenvalue weighted by atomic mass is 32.2. The van der Waals surface area contributed by atoms with Crippen LogP contribution in [0.1, 0.15) is 30.4 Å². The first-order valence-corrected chi connectivity index (χ1v) is 15.8. The Balaban J connectivity index is 1.41. The van der Waals surface area contributed by atoms with Crippen molar-refractivity contribution in [3.05, 3.63) is 70.7 Å². The number of carbonyl (C=O) groups is 1. The van der Waals surface area contributed by atoms with Crippen LogP contribution in [-0.4, -0.2) is 46.1 Å². The summed E-state index contributed by atoms with van der Waals surface area (Å²) in [5, 5.41) is 0. The molecular weight excluding hydrogens is 536 g/mol. The fourth-order valence-corrected chi connectivity index (χ4v) is 8.76. The van der Waals surface area contributed by atoms with Crippen molar-refractivity contribution < 1.29 is 30.4 Å². The molecule has 1 unspecified atom stereocenters. The average Bonchev–Trinajstić information content (AvgIpc) is 3.45. The van der Waals surface area contributed by atoms with E-state index in [9.17, 15) is 26.0 Å². The molecule has 8 nitrogen and oxygen atoms in total. The number of ketones is 1. The number of sulfonamides is 2. The van der Waals surface area contributed by atoms with Crippen LogP contribution in [0.15, 0.2) is 58.6 Å². The summed E-state index contributed by atoms with van der Waals surface area (Å²) in [4.78, 5) is 15.3. The van der Waals surface area contributed by atoms with Crippen LogP contribution in [0.5, 0.6) is 0 Å². The molecule has 2 aromatic carbocycles. The quantitative estimate of drug-likeness (QED) is 0.437. The molecule has 2 bridgehead atoms. The number of Topliss-reactive ketones (excluding diaryl/α,β-unsaturated/α-hetero) is 1. The van der Waals surface area contributed by atoms with Crippen molar-refractivity contribution in [2.24, 2.45) is 17.8 Å². The van der Waals surface area contributed by atoms with Crippen LogP contribution >= 0.6 is 0 Å². The number of nitrogens with zero attached hydrogens (tertiary/aromatic N) is 1. The third kappa shape index (κ3) is 4.32. The van der Waals surface area contributed by atoms with Crippen LogP contribution in [0.3, 0.4) is 0 Å². The highest BCUT2D eigenvalue weighted by Gasteiger charge is 2.59. The molecule has 12 heteroatoms. The number of piperidine rings is 1. The Hall–Kier alpha value is -2.83. The molecule has 0 aromatic heterocycles. The molecule has 2 aliphatic heterocycles. The van der Waals surface area contributed by atoms with E-state index in [1.54, 1.807) is 17.0 Å². The second-order valence-corrected chi connectivity index (χ2v) is 14.1. The molecule has 0 spiro atoms. The first-order valence-electron chi connectivity index (χ1n) is 12.5. The van der Waals surface area contributed by atoms with E-state index in [1.165, 1.54) is 30.3 Å². The maximum Gasteiger partial charge on any atom is 0.262 e. The summed E-state index contributed by atoms with van der Waals surface area (Å²) in [6, 6.07) is 9.64. The van der Waals surface area contributed by atoms with Crippen molar-refractivity contribution in [3.63, 3.8) is 0 Å². The molecule has 1 saturated heterocycles. The lowest BCUT2D eigenvalue weighted by atomic mass is 9.74. The van der Waals surface area contributed by atoms with Crippen LogP contribution in [0.4, 0.5) is 14.5 Å². The zero-order valence-corrected chi connectivity index (χ0v) is 22.2. The lowest BCUT2D eigenvalue weighted by Crippen LogP contribution is -2.57. The van der Waals surface area contributed by atoms with Crippen LogP contribution in [0.25, 0.3) is 0 Å². The normalized spacial score (nSPS) is 32.0. The molecule has 0 amide bonds. The zero-order chi connectivity index (χ0) is 27.0. The number of rotatable bonds is 4. The van der Waals surface area contributed by atoms with Gasteiger partial charge in [-0.15, -0.1) is 0 Å². The summed E-state index contributed by atoms with van der Waals surface area (Å²) in [5.74, 6) is -0.861. The zero-order valence-electron chi connectivity index (χ0n) is 20.5. The number of likely N-dealkylation sites (tertiary alicyclic amines) is 1. The van der Waals surface area contributed by atoms with Gasteiger partial charge in [0.25, 0.3) is 10.0 Å². The van der Waals surface area contributed by atoms with E-state index in [0.717, 1.165) is 25.5 Å². The van der Waals surface area contributed by atoms with E-state index in [4.69, 9.17) is 0 Å². The maximum absolute atomic E-state index is 16.4. The van der Waals surface area contributed by atoms with Gasteiger partial charge in [-0.25, -0.2) is 25.6 Å². The van der Waals surface area contributed by atoms with Gasteiger partial charge in [-0.1, -0.05) is 18.2 Å². The van der Waals surface area contributed by atoms with Crippen molar-refractivity contribution >= 4 is 31.5 Å². The average molecular weight is 564 g/mol. The van der Waals surface area contributed by atoms with Crippen LogP contribution in [-0.2, 0) is 37.8 Å². The van der Waals surface area contributed by atoms with Crippen LogP contribution < -0.4 is 9.44 Å². The predicted octanol–water partition coefficient (Wildman–Crippen LogP) is 3.08. The highest BCUT2D eigenvalue weighted by Crippen LogP contribution is 2.55. The Morgan fingerprint density at radius 1 is 1.11 bits per heavy atom. The Morgan fingerprint density at radius 3 is 2.53 bits per heavy atom. The number of anilines is 1. The van der Waals surface area contributed by atoms with Crippen molar-refractivity contribution in [1.29, 1.82) is 0 Å². The Labute approximate surface area is 220 Å². The summed E-state index contributed by atoms with van der Waals surface area (Å²) in [6.07, 6.45) is 1.73. The van der Waals surface area contributed by atoms with E-state index in [-0.39, 0.29) is 58.5 Å². The minimum atomic E-state index is -4.20. The number of hydrogen-bond acceptors (Lipinski definition) is 6. The van der Waals surface area contributed by atoms with Gasteiger partial charge >= 0.3 is 0 Å². The predicted molar refractivity (Wildman–Crippen MR) is 136 cm³/mol. The third-order valence-corrected chi connectivity index (χ3v) is 10.3. The first kappa shape index (κ1) is 25.4. The number of fused-ring (bicyclic) bond motifs is 6. The molecule has 2 heterocycles. The molecule has 38 heavy (non-hydrogen) atoms. The van der Waals surface area contributed by atoms with Gasteiger partial charge in [-0.2, -0.15) is 0 Å². The molecule has 4 aliphatic rings. The molecule has 202 valence electrons. The first-order chi connectivity index (χ1) is 17.9. The topological polar surface area (TPSA) is 113 Å². The van der Waals surface area contributed by atoms with E-state index >= 15 is 4.39 Å². The highest BCUT2D eigenvalue weighted by molar-refractivity contribution is 7.92. The van der Waals surface area contributed by atoms with Gasteiger partial charge in [0.1, 0.15) is 5.82 Å². The summed E-state index contributed by atoms with van der Waals surface area (Å²) in [6.45, 7) is 0.166. The van der Waals surface area contributed by atoms with Crippen LogP contribution in [0, 0.1) is 23.6 Å². The number of hydrogen-bond donors (Lipinski definition) is 2.